The minimum absolute atomic E-state index is 0.0215. The molecule has 0 aromatic heterocycles. The van der Waals surface area contributed by atoms with Gasteiger partial charge in [-0.15, -0.1) is 0 Å². The maximum atomic E-state index is 11.6. The molecule has 0 unspecified atom stereocenters. The number of ether oxygens (including phenoxy) is 2. The van der Waals surface area contributed by atoms with Crippen molar-refractivity contribution in [3.05, 3.63) is 23.8 Å². The van der Waals surface area contributed by atoms with Gasteiger partial charge in [-0.05, 0) is 30.5 Å². The molecule has 0 atom stereocenters. The second kappa shape index (κ2) is 6.26. The van der Waals surface area contributed by atoms with E-state index in [1.54, 1.807) is 0 Å². The van der Waals surface area contributed by atoms with Crippen molar-refractivity contribution in [2.45, 2.75) is 19.3 Å². The third kappa shape index (κ3) is 3.37. The van der Waals surface area contributed by atoms with Gasteiger partial charge >= 0.3 is 0 Å². The molecule has 1 amide bonds. The van der Waals surface area contributed by atoms with Crippen LogP contribution in [0.25, 0.3) is 0 Å². The smallest absolute Gasteiger partial charge is 0.231 e. The van der Waals surface area contributed by atoms with Gasteiger partial charge in [-0.2, -0.15) is 0 Å². The van der Waals surface area contributed by atoms with Gasteiger partial charge in [-0.25, -0.2) is 0 Å². The fourth-order valence-corrected chi connectivity index (χ4v) is 1.76. The second-order valence-corrected chi connectivity index (χ2v) is 4.15. The van der Waals surface area contributed by atoms with Crippen LogP contribution >= 0.6 is 0 Å². The van der Waals surface area contributed by atoms with Crippen LogP contribution in [-0.4, -0.2) is 31.0 Å². The number of hydrogen-bond donors (Lipinski definition) is 2. The molecule has 0 fully saturated rings. The van der Waals surface area contributed by atoms with Crippen molar-refractivity contribution in [2.75, 3.05) is 19.9 Å². The Morgan fingerprint density at radius 2 is 2.11 bits per heavy atom. The van der Waals surface area contributed by atoms with E-state index in [1.807, 2.05) is 18.2 Å². The van der Waals surface area contributed by atoms with Gasteiger partial charge in [0.05, 0.1) is 6.42 Å². The molecule has 1 heterocycles. The van der Waals surface area contributed by atoms with E-state index in [9.17, 15) is 4.79 Å². The molecule has 5 nitrogen and oxygen atoms in total. The number of carbonyl (C=O) groups is 1. The zero-order valence-corrected chi connectivity index (χ0v) is 10.1. The molecule has 2 N–H and O–H groups in total. The van der Waals surface area contributed by atoms with E-state index >= 15 is 0 Å². The van der Waals surface area contributed by atoms with Gasteiger partial charge in [-0.3, -0.25) is 4.79 Å². The summed E-state index contributed by atoms with van der Waals surface area (Å²) in [6.07, 6.45) is 1.84. The molecular weight excluding hydrogens is 234 g/mol. The van der Waals surface area contributed by atoms with Gasteiger partial charge < -0.3 is 19.9 Å². The largest absolute Gasteiger partial charge is 0.454 e. The zero-order chi connectivity index (χ0) is 12.8. The normalized spacial score (nSPS) is 12.5. The number of aliphatic hydroxyl groups is 1. The number of unbranched alkanes of at least 4 members (excludes halogenated alkanes) is 1. The highest BCUT2D eigenvalue weighted by Gasteiger charge is 2.14. The molecular formula is C13H17NO4. The number of aliphatic hydroxyl groups excluding tert-OH is 1. The van der Waals surface area contributed by atoms with Crippen LogP contribution in [0.15, 0.2) is 18.2 Å². The highest BCUT2D eigenvalue weighted by molar-refractivity contribution is 5.78. The predicted octanol–water partition coefficient (Wildman–Crippen LogP) is 0.846. The monoisotopic (exact) mass is 251 g/mol. The Labute approximate surface area is 106 Å². The van der Waals surface area contributed by atoms with Crippen LogP contribution in [0, 0.1) is 0 Å². The van der Waals surface area contributed by atoms with E-state index in [1.165, 1.54) is 0 Å². The van der Waals surface area contributed by atoms with Crippen molar-refractivity contribution in [1.82, 2.24) is 5.32 Å². The summed E-state index contributed by atoms with van der Waals surface area (Å²) in [5.41, 5.74) is 0.902. The van der Waals surface area contributed by atoms with Crippen LogP contribution in [0.3, 0.4) is 0 Å². The van der Waals surface area contributed by atoms with Crippen LogP contribution in [0.2, 0.25) is 0 Å². The summed E-state index contributed by atoms with van der Waals surface area (Å²) in [7, 11) is 0. The number of rotatable bonds is 6. The number of amides is 1. The van der Waals surface area contributed by atoms with Gasteiger partial charge in [0.25, 0.3) is 0 Å². The molecule has 2 rings (SSSR count). The lowest BCUT2D eigenvalue weighted by Gasteiger charge is -2.05. The Hall–Kier alpha value is -1.75. The summed E-state index contributed by atoms with van der Waals surface area (Å²) in [5.74, 6) is 1.40. The first-order valence-corrected chi connectivity index (χ1v) is 6.05. The number of carbonyl (C=O) groups excluding carboxylic acids is 1. The first-order valence-electron chi connectivity index (χ1n) is 6.05. The predicted molar refractivity (Wildman–Crippen MR) is 65.6 cm³/mol. The van der Waals surface area contributed by atoms with Gasteiger partial charge in [-0.1, -0.05) is 6.07 Å². The van der Waals surface area contributed by atoms with Gasteiger partial charge in [0, 0.05) is 13.2 Å². The van der Waals surface area contributed by atoms with E-state index in [0.717, 1.165) is 17.7 Å². The van der Waals surface area contributed by atoms with Crippen LogP contribution in [0.5, 0.6) is 11.5 Å². The standard InChI is InChI=1S/C13H17NO4/c15-6-2-1-5-14-13(16)8-10-3-4-11-12(7-10)18-9-17-11/h3-4,7,15H,1-2,5-6,8-9H2,(H,14,16). The van der Waals surface area contributed by atoms with E-state index in [-0.39, 0.29) is 19.3 Å². The van der Waals surface area contributed by atoms with E-state index < -0.39 is 0 Å². The van der Waals surface area contributed by atoms with Crippen molar-refractivity contribution < 1.29 is 19.4 Å². The topological polar surface area (TPSA) is 67.8 Å². The van der Waals surface area contributed by atoms with Crippen LogP contribution in [-0.2, 0) is 11.2 Å². The summed E-state index contributed by atoms with van der Waals surface area (Å²) in [5, 5.41) is 11.4. The molecule has 5 heteroatoms. The summed E-state index contributed by atoms with van der Waals surface area (Å²) in [6, 6.07) is 5.51. The van der Waals surface area contributed by atoms with Crippen molar-refractivity contribution >= 4 is 5.91 Å². The van der Waals surface area contributed by atoms with E-state index in [2.05, 4.69) is 5.32 Å². The molecule has 1 aromatic rings. The number of fused-ring (bicyclic) bond motifs is 1. The lowest BCUT2D eigenvalue weighted by molar-refractivity contribution is -0.120. The average molecular weight is 251 g/mol. The molecule has 1 aromatic carbocycles. The molecule has 0 saturated carbocycles. The number of benzene rings is 1. The van der Waals surface area contributed by atoms with Crippen molar-refractivity contribution in [1.29, 1.82) is 0 Å². The molecule has 0 radical (unpaired) electrons. The summed E-state index contributed by atoms with van der Waals surface area (Å²) >= 11 is 0. The van der Waals surface area contributed by atoms with Gasteiger partial charge in [0.15, 0.2) is 11.5 Å². The molecule has 0 spiro atoms. The van der Waals surface area contributed by atoms with Crippen LogP contribution in [0.4, 0.5) is 0 Å². The fourth-order valence-electron chi connectivity index (χ4n) is 1.76. The Morgan fingerprint density at radius 1 is 1.28 bits per heavy atom. The van der Waals surface area contributed by atoms with Crippen LogP contribution in [0.1, 0.15) is 18.4 Å². The Morgan fingerprint density at radius 3 is 2.94 bits per heavy atom. The van der Waals surface area contributed by atoms with Crippen molar-refractivity contribution in [3.63, 3.8) is 0 Å². The molecule has 1 aliphatic heterocycles. The quantitative estimate of drug-likeness (QED) is 0.735. The maximum Gasteiger partial charge on any atom is 0.231 e. The maximum absolute atomic E-state index is 11.6. The Balaban J connectivity index is 1.80. The lowest BCUT2D eigenvalue weighted by Crippen LogP contribution is -2.26. The third-order valence-corrected chi connectivity index (χ3v) is 2.71. The molecule has 18 heavy (non-hydrogen) atoms. The lowest BCUT2D eigenvalue weighted by atomic mass is 10.1. The molecule has 0 saturated heterocycles. The van der Waals surface area contributed by atoms with Crippen molar-refractivity contribution in [3.8, 4) is 11.5 Å². The van der Waals surface area contributed by atoms with Crippen molar-refractivity contribution in [2.24, 2.45) is 0 Å². The summed E-state index contributed by atoms with van der Waals surface area (Å²) in [6.45, 7) is 1.01. The minimum atomic E-state index is -0.0215. The van der Waals surface area contributed by atoms with Gasteiger partial charge in [0.1, 0.15) is 0 Å². The molecule has 0 aliphatic carbocycles. The SMILES string of the molecule is O=C(Cc1ccc2c(c1)OCO2)NCCCCO. The highest BCUT2D eigenvalue weighted by atomic mass is 16.7. The summed E-state index contributed by atoms with van der Waals surface area (Å²) < 4.78 is 10.5. The van der Waals surface area contributed by atoms with Gasteiger partial charge in [0.2, 0.25) is 12.7 Å². The van der Waals surface area contributed by atoms with E-state index in [0.29, 0.717) is 25.1 Å². The Kier molecular flexibility index (Phi) is 4.41. The molecule has 98 valence electrons. The molecule has 1 aliphatic rings. The molecule has 0 bridgehead atoms. The van der Waals surface area contributed by atoms with E-state index in [4.69, 9.17) is 14.6 Å². The number of hydrogen-bond acceptors (Lipinski definition) is 4. The summed E-state index contributed by atoms with van der Waals surface area (Å²) in [4.78, 5) is 11.6. The zero-order valence-electron chi connectivity index (χ0n) is 10.1. The highest BCUT2D eigenvalue weighted by Crippen LogP contribution is 2.32. The second-order valence-electron chi connectivity index (χ2n) is 4.15. The minimum Gasteiger partial charge on any atom is -0.454 e. The van der Waals surface area contributed by atoms with Crippen LogP contribution < -0.4 is 14.8 Å². The third-order valence-electron chi connectivity index (χ3n) is 2.71. The fraction of sp³-hybridized carbons (Fsp3) is 0.462. The Bertz CT molecular complexity index is 419. The average Bonchev–Trinajstić information content (AvgIpc) is 2.82. The first kappa shape index (κ1) is 12.7. The number of nitrogens with one attached hydrogen (secondary N) is 1. The first-order chi connectivity index (χ1) is 8.79.